The molecule has 1 aliphatic carbocycles. The lowest BCUT2D eigenvalue weighted by Crippen LogP contribution is -2.25. The number of hydrogen-bond donors (Lipinski definition) is 1. The van der Waals surface area contributed by atoms with Crippen LogP contribution in [0.4, 0.5) is 0 Å². The number of aromatic nitrogens is 2. The fourth-order valence-corrected chi connectivity index (χ4v) is 3.83. The first-order valence-corrected chi connectivity index (χ1v) is 7.44. The third kappa shape index (κ3) is 2.13. The number of rotatable bonds is 3. The molecule has 1 aromatic carbocycles. The highest BCUT2D eigenvalue weighted by molar-refractivity contribution is 9.10. The van der Waals surface area contributed by atoms with Crippen molar-refractivity contribution in [3.8, 4) is 0 Å². The maximum absolute atomic E-state index is 4.34. The zero-order valence-electron chi connectivity index (χ0n) is 11.2. The van der Waals surface area contributed by atoms with Gasteiger partial charge in [0.25, 0.3) is 0 Å². The van der Waals surface area contributed by atoms with Gasteiger partial charge in [-0.2, -0.15) is 5.10 Å². The molecule has 0 saturated carbocycles. The van der Waals surface area contributed by atoms with Crippen molar-refractivity contribution in [2.45, 2.75) is 24.8 Å². The van der Waals surface area contributed by atoms with Crippen molar-refractivity contribution in [3.05, 3.63) is 51.8 Å². The molecule has 0 saturated heterocycles. The van der Waals surface area contributed by atoms with Crippen LogP contribution in [-0.4, -0.2) is 16.8 Å². The molecule has 3 rings (SSSR count). The van der Waals surface area contributed by atoms with Gasteiger partial charge in [-0.1, -0.05) is 24.3 Å². The van der Waals surface area contributed by atoms with Crippen molar-refractivity contribution in [2.24, 2.45) is 7.05 Å². The molecule has 0 bridgehead atoms. The van der Waals surface area contributed by atoms with E-state index in [1.807, 2.05) is 25.0 Å². The monoisotopic (exact) mass is 319 g/mol. The maximum Gasteiger partial charge on any atom is 0.0698 e. The summed E-state index contributed by atoms with van der Waals surface area (Å²) in [6.07, 6.45) is 4.25. The van der Waals surface area contributed by atoms with Gasteiger partial charge < -0.3 is 5.32 Å². The van der Waals surface area contributed by atoms with Gasteiger partial charge in [0.1, 0.15) is 0 Å². The smallest absolute Gasteiger partial charge is 0.0698 e. The quantitative estimate of drug-likeness (QED) is 0.941. The second-order valence-corrected chi connectivity index (χ2v) is 5.97. The lowest BCUT2D eigenvalue weighted by atomic mass is 9.91. The highest BCUT2D eigenvalue weighted by atomic mass is 79.9. The van der Waals surface area contributed by atoms with Gasteiger partial charge in [0, 0.05) is 13.0 Å². The van der Waals surface area contributed by atoms with Gasteiger partial charge in [-0.3, -0.25) is 4.68 Å². The van der Waals surface area contributed by atoms with Crippen molar-refractivity contribution in [2.75, 3.05) is 7.05 Å². The van der Waals surface area contributed by atoms with Gasteiger partial charge in [-0.15, -0.1) is 0 Å². The van der Waals surface area contributed by atoms with Crippen LogP contribution in [0.5, 0.6) is 0 Å². The molecule has 0 aliphatic heterocycles. The van der Waals surface area contributed by atoms with Gasteiger partial charge >= 0.3 is 0 Å². The summed E-state index contributed by atoms with van der Waals surface area (Å²) < 4.78 is 3.05. The minimum Gasteiger partial charge on any atom is -0.311 e. The van der Waals surface area contributed by atoms with Crippen molar-refractivity contribution in [3.63, 3.8) is 0 Å². The standard InChI is InChI=1S/C15H18BrN3/c1-17-14(15-13(16)9-18-19(15)2)12-8-7-10-5-3-4-6-11(10)12/h3-6,9,12,14,17H,7-8H2,1-2H3. The summed E-state index contributed by atoms with van der Waals surface area (Å²) in [6.45, 7) is 0. The normalized spacial score (nSPS) is 19.4. The van der Waals surface area contributed by atoms with E-state index in [1.54, 1.807) is 0 Å². The van der Waals surface area contributed by atoms with E-state index < -0.39 is 0 Å². The molecule has 4 heteroatoms. The molecular weight excluding hydrogens is 302 g/mol. The Hall–Kier alpha value is -1.13. The molecule has 1 N–H and O–H groups in total. The molecule has 1 aliphatic rings. The summed E-state index contributed by atoms with van der Waals surface area (Å²) >= 11 is 3.62. The molecule has 0 spiro atoms. The number of fused-ring (bicyclic) bond motifs is 1. The van der Waals surface area contributed by atoms with Crippen molar-refractivity contribution < 1.29 is 0 Å². The van der Waals surface area contributed by atoms with Crippen molar-refractivity contribution in [1.82, 2.24) is 15.1 Å². The van der Waals surface area contributed by atoms with Gasteiger partial charge in [0.15, 0.2) is 0 Å². The average molecular weight is 320 g/mol. The topological polar surface area (TPSA) is 29.9 Å². The second kappa shape index (κ2) is 5.10. The van der Waals surface area contributed by atoms with Crippen LogP contribution in [0.15, 0.2) is 34.9 Å². The summed E-state index contributed by atoms with van der Waals surface area (Å²) in [4.78, 5) is 0. The van der Waals surface area contributed by atoms with Crippen LogP contribution in [-0.2, 0) is 13.5 Å². The van der Waals surface area contributed by atoms with Crippen LogP contribution in [0, 0.1) is 0 Å². The van der Waals surface area contributed by atoms with Crippen LogP contribution >= 0.6 is 15.9 Å². The third-order valence-corrected chi connectivity index (χ3v) is 4.74. The Bertz CT molecular complexity index is 571. The van der Waals surface area contributed by atoms with E-state index in [0.29, 0.717) is 12.0 Å². The Morgan fingerprint density at radius 3 is 2.89 bits per heavy atom. The summed E-state index contributed by atoms with van der Waals surface area (Å²) in [5.74, 6) is 0.521. The van der Waals surface area contributed by atoms with E-state index in [9.17, 15) is 0 Å². The molecule has 19 heavy (non-hydrogen) atoms. The van der Waals surface area contributed by atoms with Crippen LogP contribution in [0.25, 0.3) is 0 Å². The number of hydrogen-bond acceptors (Lipinski definition) is 2. The lowest BCUT2D eigenvalue weighted by Gasteiger charge is -2.25. The minimum atomic E-state index is 0.297. The fraction of sp³-hybridized carbons (Fsp3) is 0.400. The van der Waals surface area contributed by atoms with Crippen LogP contribution in [0.3, 0.4) is 0 Å². The molecule has 3 nitrogen and oxygen atoms in total. The van der Waals surface area contributed by atoms with Gasteiger partial charge in [-0.05, 0) is 46.9 Å². The van der Waals surface area contributed by atoms with E-state index in [2.05, 4.69) is 50.6 Å². The number of likely N-dealkylation sites (N-methyl/N-ethyl adjacent to an activating group) is 1. The number of aryl methyl sites for hydroxylation is 2. The average Bonchev–Trinajstić information content (AvgIpc) is 2.98. The first kappa shape index (κ1) is 12.9. The van der Waals surface area contributed by atoms with E-state index in [1.165, 1.54) is 29.7 Å². The molecule has 0 radical (unpaired) electrons. The zero-order valence-corrected chi connectivity index (χ0v) is 12.8. The Labute approximate surface area is 122 Å². The Morgan fingerprint density at radius 1 is 1.42 bits per heavy atom. The number of nitrogens with zero attached hydrogens (tertiary/aromatic N) is 2. The van der Waals surface area contributed by atoms with Gasteiger partial charge in [-0.25, -0.2) is 0 Å². The first-order chi connectivity index (χ1) is 9.22. The summed E-state index contributed by atoms with van der Waals surface area (Å²) in [5.41, 5.74) is 4.20. The molecule has 2 aromatic rings. The van der Waals surface area contributed by atoms with E-state index in [4.69, 9.17) is 0 Å². The summed E-state index contributed by atoms with van der Waals surface area (Å²) in [5, 5.41) is 7.82. The Kier molecular flexibility index (Phi) is 3.46. The molecule has 2 unspecified atom stereocenters. The fourth-order valence-electron chi connectivity index (χ4n) is 3.23. The number of halogens is 1. The molecule has 0 fully saturated rings. The van der Waals surface area contributed by atoms with Crippen molar-refractivity contribution >= 4 is 15.9 Å². The summed E-state index contributed by atoms with van der Waals surface area (Å²) in [6, 6.07) is 9.09. The van der Waals surface area contributed by atoms with E-state index in [-0.39, 0.29) is 0 Å². The van der Waals surface area contributed by atoms with Crippen molar-refractivity contribution in [1.29, 1.82) is 0 Å². The largest absolute Gasteiger partial charge is 0.311 e. The molecule has 0 amide bonds. The van der Waals surface area contributed by atoms with Crippen LogP contribution < -0.4 is 5.32 Å². The molecule has 2 atom stereocenters. The minimum absolute atomic E-state index is 0.297. The SMILES string of the molecule is CNC(c1c(Br)cnn1C)C1CCc2ccccc21. The highest BCUT2D eigenvalue weighted by Gasteiger charge is 2.32. The Balaban J connectivity index is 2.01. The molecule has 1 heterocycles. The van der Waals surface area contributed by atoms with Gasteiger partial charge in [0.2, 0.25) is 0 Å². The second-order valence-electron chi connectivity index (χ2n) is 5.11. The first-order valence-electron chi connectivity index (χ1n) is 6.65. The predicted octanol–water partition coefficient (Wildman–Crippen LogP) is 3.17. The number of nitrogens with one attached hydrogen (secondary N) is 1. The zero-order chi connectivity index (χ0) is 13.4. The van der Waals surface area contributed by atoms with E-state index >= 15 is 0 Å². The number of benzene rings is 1. The van der Waals surface area contributed by atoms with Crippen LogP contribution in [0.2, 0.25) is 0 Å². The maximum atomic E-state index is 4.34. The molecular formula is C15H18BrN3. The highest BCUT2D eigenvalue weighted by Crippen LogP contribution is 2.42. The van der Waals surface area contributed by atoms with Gasteiger partial charge in [0.05, 0.1) is 22.4 Å². The Morgan fingerprint density at radius 2 is 2.21 bits per heavy atom. The molecule has 100 valence electrons. The predicted molar refractivity (Wildman–Crippen MR) is 80.2 cm³/mol. The van der Waals surface area contributed by atoms with E-state index in [0.717, 1.165) is 4.47 Å². The third-order valence-electron chi connectivity index (χ3n) is 4.12. The summed E-state index contributed by atoms with van der Waals surface area (Å²) in [7, 11) is 4.04. The molecule has 1 aromatic heterocycles. The lowest BCUT2D eigenvalue weighted by molar-refractivity contribution is 0.446. The van der Waals surface area contributed by atoms with Crippen LogP contribution in [0.1, 0.15) is 35.2 Å².